The minimum absolute atomic E-state index is 0.0106. The monoisotopic (exact) mass is 149 g/mol. The Morgan fingerprint density at radius 3 is 2.90 bits per heavy atom. The van der Waals surface area contributed by atoms with Gasteiger partial charge in [-0.1, -0.05) is 18.0 Å². The molecule has 0 N–H and O–H groups in total. The molecule has 1 aromatic rings. The normalized spacial score (nSPS) is 21.0. The number of hydrogen-bond acceptors (Lipinski definition) is 1. The highest BCUT2D eigenvalue weighted by molar-refractivity contribution is 8.26. The van der Waals surface area contributed by atoms with Crippen LogP contribution in [0, 0.1) is 0 Å². The Hall–Kier alpha value is -0.890. The summed E-state index contributed by atoms with van der Waals surface area (Å²) in [4.78, 5) is 5.47. The smallest absolute Gasteiger partial charge is 0.0770 e. The maximum Gasteiger partial charge on any atom is 0.0770 e. The summed E-state index contributed by atoms with van der Waals surface area (Å²) >= 11 is 0. The summed E-state index contributed by atoms with van der Waals surface area (Å²) in [6.45, 7) is 0. The first-order valence-electron chi connectivity index (χ1n) is 3.04. The van der Waals surface area contributed by atoms with Crippen LogP contribution in [0.3, 0.4) is 0 Å². The molecule has 0 amide bonds. The van der Waals surface area contributed by atoms with Crippen LogP contribution in [0.25, 0.3) is 0 Å². The van der Waals surface area contributed by atoms with E-state index in [1.165, 1.54) is 4.90 Å². The zero-order chi connectivity index (χ0) is 6.97. The van der Waals surface area contributed by atoms with E-state index in [1.54, 1.807) is 0 Å². The standard InChI is InChI=1S/C8H7NS/c1-10-6-9-7-4-2-3-5-8(7)10/h2-6H,1H2. The van der Waals surface area contributed by atoms with Gasteiger partial charge in [0.1, 0.15) is 0 Å². The first-order valence-corrected chi connectivity index (χ1v) is 4.49. The maximum absolute atomic E-state index is 4.21. The molecule has 1 aliphatic heterocycles. The largest absolute Gasteiger partial charge is 0.249 e. The van der Waals surface area contributed by atoms with Crippen molar-refractivity contribution in [1.82, 2.24) is 0 Å². The Kier molecular flexibility index (Phi) is 1.21. The number of fused-ring (bicyclic) bond motifs is 1. The molecule has 1 nitrogen and oxygen atoms in total. The van der Waals surface area contributed by atoms with Crippen LogP contribution in [0.1, 0.15) is 0 Å². The van der Waals surface area contributed by atoms with Crippen molar-refractivity contribution < 1.29 is 0 Å². The van der Waals surface area contributed by atoms with Crippen LogP contribution in [0.4, 0.5) is 5.69 Å². The fraction of sp³-hybridized carbons (Fsp3) is 0. The van der Waals surface area contributed by atoms with E-state index >= 15 is 0 Å². The average Bonchev–Trinajstić information content (AvgIpc) is 2.34. The fourth-order valence-electron chi connectivity index (χ4n) is 0.963. The Morgan fingerprint density at radius 2 is 2.10 bits per heavy atom. The van der Waals surface area contributed by atoms with Gasteiger partial charge in [0.25, 0.3) is 0 Å². The van der Waals surface area contributed by atoms with E-state index in [0.29, 0.717) is 0 Å². The molecule has 1 heterocycles. The second-order valence-corrected chi connectivity index (χ2v) is 3.64. The third kappa shape index (κ3) is 0.727. The van der Waals surface area contributed by atoms with Gasteiger partial charge in [-0.15, -0.1) is 10.5 Å². The lowest BCUT2D eigenvalue weighted by molar-refractivity contribution is 1.41. The molecule has 0 spiro atoms. The lowest BCUT2D eigenvalue weighted by Gasteiger charge is -1.94. The first kappa shape index (κ1) is 5.86. The lowest BCUT2D eigenvalue weighted by Crippen LogP contribution is -1.66. The molecule has 1 unspecified atom stereocenters. The van der Waals surface area contributed by atoms with Crippen LogP contribution < -0.4 is 0 Å². The predicted molar refractivity (Wildman–Crippen MR) is 47.6 cm³/mol. The van der Waals surface area contributed by atoms with Crippen LogP contribution >= 0.6 is 10.5 Å². The molecule has 1 aromatic carbocycles. The topological polar surface area (TPSA) is 12.4 Å². The SMILES string of the molecule is C=S1C=Nc2ccccc21. The molecule has 0 saturated heterocycles. The van der Waals surface area contributed by atoms with Crippen LogP contribution in [-0.2, 0) is 0 Å². The van der Waals surface area contributed by atoms with Crippen molar-refractivity contribution in [3.05, 3.63) is 24.3 Å². The van der Waals surface area contributed by atoms with E-state index in [1.807, 2.05) is 23.7 Å². The fourth-order valence-corrected chi connectivity index (χ4v) is 1.96. The van der Waals surface area contributed by atoms with Crippen LogP contribution in [0.15, 0.2) is 34.2 Å². The van der Waals surface area contributed by atoms with Gasteiger partial charge < -0.3 is 0 Å². The summed E-state index contributed by atoms with van der Waals surface area (Å²) in [7, 11) is 0.0106. The van der Waals surface area contributed by atoms with E-state index in [0.717, 1.165) is 5.69 Å². The number of rotatable bonds is 0. The first-order chi connectivity index (χ1) is 4.88. The molecular weight excluding hydrogens is 142 g/mol. The van der Waals surface area contributed by atoms with Crippen LogP contribution in [-0.4, -0.2) is 11.4 Å². The highest BCUT2D eigenvalue weighted by Gasteiger charge is 2.05. The third-order valence-electron chi connectivity index (χ3n) is 1.47. The second kappa shape index (κ2) is 2.06. The van der Waals surface area contributed by atoms with E-state index < -0.39 is 0 Å². The van der Waals surface area contributed by atoms with Crippen molar-refractivity contribution in [3.63, 3.8) is 0 Å². The van der Waals surface area contributed by atoms with Gasteiger partial charge in [0.05, 0.1) is 11.2 Å². The summed E-state index contributed by atoms with van der Waals surface area (Å²) < 4.78 is 0. The lowest BCUT2D eigenvalue weighted by atomic mass is 10.3. The molecule has 0 bridgehead atoms. The third-order valence-corrected chi connectivity index (χ3v) is 2.74. The van der Waals surface area contributed by atoms with Crippen molar-refractivity contribution in [2.45, 2.75) is 4.90 Å². The van der Waals surface area contributed by atoms with Gasteiger partial charge in [-0.3, -0.25) is 0 Å². The zero-order valence-corrected chi connectivity index (χ0v) is 6.27. The minimum atomic E-state index is 0.0106. The Balaban J connectivity index is 2.70. The van der Waals surface area contributed by atoms with Gasteiger partial charge in [0.15, 0.2) is 0 Å². The summed E-state index contributed by atoms with van der Waals surface area (Å²) in [5.74, 6) is 3.96. The van der Waals surface area contributed by atoms with Crippen molar-refractivity contribution in [3.8, 4) is 0 Å². The molecule has 1 atom stereocenters. The van der Waals surface area contributed by atoms with Gasteiger partial charge >= 0.3 is 0 Å². The number of benzene rings is 1. The van der Waals surface area contributed by atoms with Crippen molar-refractivity contribution in [2.24, 2.45) is 4.99 Å². The number of nitrogens with zero attached hydrogens (tertiary/aromatic N) is 1. The molecule has 0 radical (unpaired) electrons. The Labute approximate surface area is 62.3 Å². The Morgan fingerprint density at radius 1 is 1.30 bits per heavy atom. The number of hydrogen-bond donors (Lipinski definition) is 0. The number of para-hydroxylation sites is 1. The van der Waals surface area contributed by atoms with Gasteiger partial charge in [-0.25, -0.2) is 4.99 Å². The molecule has 0 saturated carbocycles. The molecule has 10 heavy (non-hydrogen) atoms. The van der Waals surface area contributed by atoms with E-state index in [2.05, 4.69) is 16.9 Å². The molecular formula is C8H7NS. The predicted octanol–water partition coefficient (Wildman–Crippen LogP) is 2.42. The van der Waals surface area contributed by atoms with E-state index in [-0.39, 0.29) is 10.5 Å². The summed E-state index contributed by atoms with van der Waals surface area (Å²) in [5.41, 5.74) is 2.99. The van der Waals surface area contributed by atoms with Gasteiger partial charge in [-0.05, 0) is 12.1 Å². The highest BCUT2D eigenvalue weighted by Crippen LogP contribution is 2.37. The second-order valence-electron chi connectivity index (χ2n) is 2.13. The summed E-state index contributed by atoms with van der Waals surface area (Å²) in [6, 6.07) is 8.12. The molecule has 2 heteroatoms. The summed E-state index contributed by atoms with van der Waals surface area (Å²) in [5, 5.41) is 0. The molecule has 2 rings (SSSR count). The van der Waals surface area contributed by atoms with E-state index in [9.17, 15) is 0 Å². The average molecular weight is 149 g/mol. The number of aliphatic imine (C=N–C) groups is 1. The van der Waals surface area contributed by atoms with Crippen LogP contribution in [0.2, 0.25) is 0 Å². The Bertz CT molecular complexity index is 315. The van der Waals surface area contributed by atoms with Crippen molar-refractivity contribution >= 4 is 27.6 Å². The van der Waals surface area contributed by atoms with Crippen molar-refractivity contribution in [1.29, 1.82) is 0 Å². The molecule has 50 valence electrons. The zero-order valence-electron chi connectivity index (χ0n) is 5.45. The van der Waals surface area contributed by atoms with Gasteiger partial charge in [0, 0.05) is 4.90 Å². The maximum atomic E-state index is 4.21. The molecule has 0 aliphatic carbocycles. The molecule has 0 aromatic heterocycles. The molecule has 0 fully saturated rings. The quantitative estimate of drug-likeness (QED) is 0.502. The minimum Gasteiger partial charge on any atom is -0.249 e. The highest BCUT2D eigenvalue weighted by atomic mass is 32.2. The van der Waals surface area contributed by atoms with Gasteiger partial charge in [0.2, 0.25) is 0 Å². The van der Waals surface area contributed by atoms with Crippen molar-refractivity contribution in [2.75, 3.05) is 0 Å². The van der Waals surface area contributed by atoms with E-state index in [4.69, 9.17) is 0 Å². The van der Waals surface area contributed by atoms with Crippen LogP contribution in [0.5, 0.6) is 0 Å². The molecule has 1 aliphatic rings. The summed E-state index contributed by atoms with van der Waals surface area (Å²) in [6.07, 6.45) is 0. The van der Waals surface area contributed by atoms with Gasteiger partial charge in [-0.2, -0.15) is 0 Å².